The number of carbonyl (C=O) groups excluding carboxylic acids is 1. The van der Waals surface area contributed by atoms with Crippen molar-refractivity contribution in [2.45, 2.75) is 61.8 Å². The molecule has 2 atom stereocenters. The second-order valence-corrected chi connectivity index (χ2v) is 10.4. The van der Waals surface area contributed by atoms with E-state index in [2.05, 4.69) is 9.97 Å². The lowest BCUT2D eigenvalue weighted by atomic mass is 9.81. The smallest absolute Gasteiger partial charge is 0.399 e. The molecule has 1 aromatic heterocycles. The van der Waals surface area contributed by atoms with Gasteiger partial charge in [-0.05, 0) is 34.1 Å². The van der Waals surface area contributed by atoms with E-state index in [4.69, 9.17) is 14.4 Å². The molecule has 0 bridgehead atoms. The molecule has 0 radical (unpaired) electrons. The summed E-state index contributed by atoms with van der Waals surface area (Å²) in [6.45, 7) is 7.02. The standard InChI is InChI=1S/C17H26BN3O7S/c1-16(2)17(3,4)28-18(27-16)11-7-19-15(20-8-11)29(25,26)12-5-6-21(9-12)14(24)13(23)10-22/h7-8,12-13,22-23H,5-6,9-10H2,1-4H3/t12-,13-/m1/s1. The van der Waals surface area contributed by atoms with Crippen LogP contribution in [0.1, 0.15) is 34.1 Å². The van der Waals surface area contributed by atoms with E-state index in [0.29, 0.717) is 5.46 Å². The maximum Gasteiger partial charge on any atom is 0.498 e. The van der Waals surface area contributed by atoms with Crippen LogP contribution in [0.2, 0.25) is 0 Å². The summed E-state index contributed by atoms with van der Waals surface area (Å²) in [7, 11) is -4.56. The summed E-state index contributed by atoms with van der Waals surface area (Å²) in [4.78, 5) is 21.2. The Morgan fingerprint density at radius 1 is 1.28 bits per heavy atom. The van der Waals surface area contributed by atoms with Gasteiger partial charge in [-0.25, -0.2) is 18.4 Å². The lowest BCUT2D eigenvalue weighted by Gasteiger charge is -2.32. The van der Waals surface area contributed by atoms with Crippen LogP contribution in [0.4, 0.5) is 0 Å². The number of likely N-dealkylation sites (tertiary alicyclic amines) is 1. The first kappa shape index (κ1) is 22.1. The van der Waals surface area contributed by atoms with Gasteiger partial charge < -0.3 is 24.4 Å². The quantitative estimate of drug-likeness (QED) is 0.425. The zero-order chi connectivity index (χ0) is 21.6. The van der Waals surface area contributed by atoms with Crippen molar-refractivity contribution >= 4 is 28.3 Å². The number of aliphatic hydroxyl groups excluding tert-OH is 2. The van der Waals surface area contributed by atoms with Gasteiger partial charge in [-0.15, -0.1) is 0 Å². The predicted octanol–water partition coefficient (Wildman–Crippen LogP) is -1.50. The van der Waals surface area contributed by atoms with Gasteiger partial charge in [0, 0.05) is 30.9 Å². The maximum atomic E-state index is 12.8. The van der Waals surface area contributed by atoms with Crippen LogP contribution in [-0.4, -0.2) is 88.8 Å². The minimum absolute atomic E-state index is 0.0828. The molecule has 3 rings (SSSR count). The van der Waals surface area contributed by atoms with Crippen LogP contribution < -0.4 is 5.46 Å². The SMILES string of the molecule is CC1(C)OB(c2cnc(S(=O)(=O)[C@@H]3CCN(C(=O)[C@H](O)CO)C3)nc2)OC1(C)C. The highest BCUT2D eigenvalue weighted by Crippen LogP contribution is 2.36. The molecule has 29 heavy (non-hydrogen) atoms. The van der Waals surface area contributed by atoms with Crippen molar-refractivity contribution in [1.29, 1.82) is 0 Å². The van der Waals surface area contributed by atoms with Gasteiger partial charge in [-0.1, -0.05) is 0 Å². The molecule has 0 saturated carbocycles. The molecule has 3 heterocycles. The molecule has 2 fully saturated rings. The number of hydrogen-bond acceptors (Lipinski definition) is 9. The number of nitrogens with zero attached hydrogens (tertiary/aromatic N) is 3. The van der Waals surface area contributed by atoms with E-state index in [-0.39, 0.29) is 24.7 Å². The average molecular weight is 427 g/mol. The number of sulfone groups is 1. The molecule has 1 amide bonds. The first-order valence-corrected chi connectivity index (χ1v) is 10.9. The molecule has 0 aromatic carbocycles. The Morgan fingerprint density at radius 2 is 1.83 bits per heavy atom. The third-order valence-electron chi connectivity index (χ3n) is 5.78. The summed E-state index contributed by atoms with van der Waals surface area (Å²) in [5.74, 6) is -0.692. The molecule has 10 nitrogen and oxygen atoms in total. The van der Waals surface area contributed by atoms with Crippen LogP contribution in [0.5, 0.6) is 0 Å². The van der Waals surface area contributed by atoms with Gasteiger partial charge in [0.2, 0.25) is 15.0 Å². The first-order valence-electron chi connectivity index (χ1n) is 9.38. The third kappa shape index (κ3) is 4.04. The maximum absolute atomic E-state index is 12.8. The van der Waals surface area contributed by atoms with Crippen molar-refractivity contribution in [3.8, 4) is 0 Å². The molecule has 0 spiro atoms. The molecule has 160 valence electrons. The normalized spacial score (nSPS) is 24.7. The highest BCUT2D eigenvalue weighted by molar-refractivity contribution is 7.91. The second kappa shape index (κ2) is 7.58. The molecular formula is C17H26BN3O7S. The van der Waals surface area contributed by atoms with E-state index in [0.717, 1.165) is 0 Å². The zero-order valence-electron chi connectivity index (χ0n) is 16.9. The van der Waals surface area contributed by atoms with Gasteiger partial charge in [-0.2, -0.15) is 0 Å². The van der Waals surface area contributed by atoms with E-state index >= 15 is 0 Å². The molecule has 2 saturated heterocycles. The van der Waals surface area contributed by atoms with E-state index < -0.39 is 52.0 Å². The number of aromatic nitrogens is 2. The van der Waals surface area contributed by atoms with Crippen LogP contribution >= 0.6 is 0 Å². The summed E-state index contributed by atoms with van der Waals surface area (Å²) in [5.41, 5.74) is -0.570. The summed E-state index contributed by atoms with van der Waals surface area (Å²) in [6.07, 6.45) is 1.39. The largest absolute Gasteiger partial charge is 0.498 e. The number of carbonyl (C=O) groups is 1. The van der Waals surface area contributed by atoms with Crippen molar-refractivity contribution < 1.29 is 32.7 Å². The molecule has 2 N–H and O–H groups in total. The molecule has 2 aliphatic heterocycles. The van der Waals surface area contributed by atoms with Gasteiger partial charge in [0.15, 0.2) is 6.10 Å². The van der Waals surface area contributed by atoms with Crippen LogP contribution in [0.25, 0.3) is 0 Å². The van der Waals surface area contributed by atoms with Crippen LogP contribution in [0, 0.1) is 0 Å². The minimum atomic E-state index is -3.87. The zero-order valence-corrected chi connectivity index (χ0v) is 17.7. The number of hydrogen-bond donors (Lipinski definition) is 2. The minimum Gasteiger partial charge on any atom is -0.399 e. The Hall–Kier alpha value is -1.60. The second-order valence-electron chi connectivity index (χ2n) is 8.33. The predicted molar refractivity (Wildman–Crippen MR) is 103 cm³/mol. The fourth-order valence-corrected chi connectivity index (χ4v) is 4.68. The Morgan fingerprint density at radius 3 is 2.34 bits per heavy atom. The van der Waals surface area contributed by atoms with Crippen molar-refractivity contribution in [3.63, 3.8) is 0 Å². The summed E-state index contributed by atoms with van der Waals surface area (Å²) in [6, 6.07) is 0. The molecule has 0 aliphatic carbocycles. The van der Waals surface area contributed by atoms with Crippen LogP contribution in [-0.2, 0) is 23.9 Å². The van der Waals surface area contributed by atoms with E-state index in [1.54, 1.807) is 0 Å². The monoisotopic (exact) mass is 427 g/mol. The molecular weight excluding hydrogens is 401 g/mol. The third-order valence-corrected chi connectivity index (χ3v) is 7.76. The van der Waals surface area contributed by atoms with Crippen molar-refractivity contribution in [1.82, 2.24) is 14.9 Å². The fraction of sp³-hybridized carbons (Fsp3) is 0.706. The Labute approximate surface area is 170 Å². The molecule has 12 heteroatoms. The van der Waals surface area contributed by atoms with Crippen LogP contribution in [0.3, 0.4) is 0 Å². The molecule has 0 unspecified atom stereocenters. The lowest BCUT2D eigenvalue weighted by Crippen LogP contribution is -2.41. The fourth-order valence-electron chi connectivity index (χ4n) is 3.19. The summed E-state index contributed by atoms with van der Waals surface area (Å²) >= 11 is 0. The first-order chi connectivity index (χ1) is 13.4. The van der Waals surface area contributed by atoms with Gasteiger partial charge in [0.1, 0.15) is 0 Å². The van der Waals surface area contributed by atoms with Gasteiger partial charge >= 0.3 is 7.12 Å². The number of rotatable bonds is 5. The highest BCUT2D eigenvalue weighted by atomic mass is 32.2. The van der Waals surface area contributed by atoms with E-state index in [1.807, 2.05) is 27.7 Å². The topological polar surface area (TPSA) is 139 Å². The Kier molecular flexibility index (Phi) is 5.78. The van der Waals surface area contributed by atoms with Gasteiger partial charge in [0.25, 0.3) is 5.91 Å². The highest BCUT2D eigenvalue weighted by Gasteiger charge is 2.52. The van der Waals surface area contributed by atoms with Crippen molar-refractivity contribution in [2.24, 2.45) is 0 Å². The molecule has 1 aromatic rings. The number of amides is 1. The Bertz CT molecular complexity index is 860. The summed E-state index contributed by atoms with van der Waals surface area (Å²) < 4.78 is 37.5. The number of aliphatic hydroxyl groups is 2. The van der Waals surface area contributed by atoms with Crippen molar-refractivity contribution in [3.05, 3.63) is 12.4 Å². The average Bonchev–Trinajstić information content (AvgIpc) is 3.24. The molecule has 2 aliphatic rings. The lowest BCUT2D eigenvalue weighted by molar-refractivity contribution is -0.140. The van der Waals surface area contributed by atoms with E-state index in [1.165, 1.54) is 17.3 Å². The van der Waals surface area contributed by atoms with Gasteiger partial charge in [0.05, 0.1) is 23.1 Å². The van der Waals surface area contributed by atoms with Crippen molar-refractivity contribution in [2.75, 3.05) is 19.7 Å². The van der Waals surface area contributed by atoms with E-state index in [9.17, 15) is 18.3 Å². The summed E-state index contributed by atoms with van der Waals surface area (Å²) in [5, 5.41) is 17.1. The van der Waals surface area contributed by atoms with Gasteiger partial charge in [-0.3, -0.25) is 4.79 Å². The van der Waals surface area contributed by atoms with Crippen LogP contribution in [0.15, 0.2) is 17.6 Å². The Balaban J connectivity index is 1.72.